The second-order valence-electron chi connectivity index (χ2n) is 7.21. The van der Waals surface area contributed by atoms with Crippen LogP contribution in [0.3, 0.4) is 0 Å². The van der Waals surface area contributed by atoms with Crippen LogP contribution in [0.2, 0.25) is 0 Å². The predicted molar refractivity (Wildman–Crippen MR) is 104 cm³/mol. The first-order valence-electron chi connectivity index (χ1n) is 9.77. The van der Waals surface area contributed by atoms with Gasteiger partial charge in [0.15, 0.2) is 6.61 Å². The number of aryl methyl sites for hydroxylation is 1. The van der Waals surface area contributed by atoms with Crippen molar-refractivity contribution in [1.29, 1.82) is 0 Å². The van der Waals surface area contributed by atoms with E-state index in [-0.39, 0.29) is 12.5 Å². The zero-order valence-corrected chi connectivity index (χ0v) is 15.9. The third-order valence-corrected chi connectivity index (χ3v) is 5.39. The fourth-order valence-electron chi connectivity index (χ4n) is 3.83. The number of hydrogen-bond acceptors (Lipinski definition) is 5. The Kier molecular flexibility index (Phi) is 5.23. The van der Waals surface area contributed by atoms with Gasteiger partial charge in [0.05, 0.1) is 5.69 Å². The Balaban J connectivity index is 1.41. The fraction of sp³-hybridized carbons (Fsp3) is 0.476. The summed E-state index contributed by atoms with van der Waals surface area (Å²) >= 11 is 0. The molecule has 0 aliphatic carbocycles. The summed E-state index contributed by atoms with van der Waals surface area (Å²) in [5.74, 6) is 1.61. The molecule has 0 N–H and O–H groups in total. The van der Waals surface area contributed by atoms with Gasteiger partial charge in [-0.1, -0.05) is 18.2 Å². The lowest BCUT2D eigenvalue weighted by Crippen LogP contribution is -2.36. The average molecular weight is 366 g/mol. The number of anilines is 1. The Labute approximate surface area is 160 Å². The zero-order valence-electron chi connectivity index (χ0n) is 15.9. The molecule has 0 spiro atoms. The highest BCUT2D eigenvalue weighted by molar-refractivity contribution is 5.78. The van der Waals surface area contributed by atoms with Crippen molar-refractivity contribution in [3.05, 3.63) is 47.3 Å². The van der Waals surface area contributed by atoms with Crippen molar-refractivity contribution in [2.45, 2.75) is 32.6 Å². The van der Waals surface area contributed by atoms with E-state index in [4.69, 9.17) is 14.7 Å². The lowest BCUT2D eigenvalue weighted by Gasteiger charge is -2.20. The average Bonchev–Trinajstić information content (AvgIpc) is 3.14. The van der Waals surface area contributed by atoms with E-state index >= 15 is 0 Å². The van der Waals surface area contributed by atoms with Crippen LogP contribution in [0.1, 0.15) is 29.8 Å². The molecule has 142 valence electrons. The van der Waals surface area contributed by atoms with E-state index < -0.39 is 0 Å². The molecule has 27 heavy (non-hydrogen) atoms. The number of nitrogens with zero attached hydrogens (tertiary/aromatic N) is 4. The molecule has 1 aromatic carbocycles. The van der Waals surface area contributed by atoms with E-state index in [1.165, 1.54) is 18.4 Å². The number of benzene rings is 1. The van der Waals surface area contributed by atoms with Crippen LogP contribution < -0.4 is 9.64 Å². The van der Waals surface area contributed by atoms with Gasteiger partial charge in [0.2, 0.25) is 5.95 Å². The number of para-hydroxylation sites is 1. The highest BCUT2D eigenvalue weighted by atomic mass is 16.5. The van der Waals surface area contributed by atoms with Gasteiger partial charge in [0.25, 0.3) is 5.91 Å². The molecule has 0 radical (unpaired) electrons. The predicted octanol–water partition coefficient (Wildman–Crippen LogP) is 2.39. The summed E-state index contributed by atoms with van der Waals surface area (Å²) in [7, 11) is 0. The van der Waals surface area contributed by atoms with Crippen LogP contribution in [0.4, 0.5) is 5.95 Å². The second-order valence-corrected chi connectivity index (χ2v) is 7.21. The SMILES string of the molecule is Cc1nc(N2CCCC2)nc2c1CCN(C(=O)COc1ccccc1)CC2. The topological polar surface area (TPSA) is 58.6 Å². The molecular weight excluding hydrogens is 340 g/mol. The van der Waals surface area contributed by atoms with Crippen LogP contribution >= 0.6 is 0 Å². The standard InChI is InChI=1S/C21H26N4O2/c1-16-18-9-13-24(20(26)15-27-17-7-3-2-4-8-17)14-10-19(18)23-21(22-16)25-11-5-6-12-25/h2-4,7-8H,5-6,9-15H2,1H3. The Hall–Kier alpha value is -2.63. The lowest BCUT2D eigenvalue weighted by molar-refractivity contribution is -0.133. The Morgan fingerprint density at radius 2 is 1.78 bits per heavy atom. The summed E-state index contributed by atoms with van der Waals surface area (Å²) in [6.45, 7) is 5.59. The molecule has 2 aliphatic rings. The third-order valence-electron chi connectivity index (χ3n) is 5.39. The van der Waals surface area contributed by atoms with Gasteiger partial charge in [-0.15, -0.1) is 0 Å². The van der Waals surface area contributed by atoms with E-state index in [1.54, 1.807) is 0 Å². The second kappa shape index (κ2) is 7.94. The summed E-state index contributed by atoms with van der Waals surface area (Å²) in [6, 6.07) is 9.47. The molecule has 0 unspecified atom stereocenters. The van der Waals surface area contributed by atoms with Crippen LogP contribution in [-0.2, 0) is 17.6 Å². The zero-order chi connectivity index (χ0) is 18.6. The van der Waals surface area contributed by atoms with Gasteiger partial charge < -0.3 is 14.5 Å². The smallest absolute Gasteiger partial charge is 0.260 e. The van der Waals surface area contributed by atoms with Crippen LogP contribution in [0.5, 0.6) is 5.75 Å². The van der Waals surface area contributed by atoms with Gasteiger partial charge in [-0.25, -0.2) is 9.97 Å². The first-order valence-corrected chi connectivity index (χ1v) is 9.77. The summed E-state index contributed by atoms with van der Waals surface area (Å²) in [5.41, 5.74) is 3.36. The number of aromatic nitrogens is 2. The molecule has 2 aliphatic heterocycles. The third kappa shape index (κ3) is 4.04. The molecule has 4 rings (SSSR count). The quantitative estimate of drug-likeness (QED) is 0.832. The van der Waals surface area contributed by atoms with E-state index in [0.29, 0.717) is 13.1 Å². The number of amides is 1. The maximum atomic E-state index is 12.6. The number of fused-ring (bicyclic) bond motifs is 1. The van der Waals surface area contributed by atoms with Gasteiger partial charge in [-0.3, -0.25) is 4.79 Å². The first kappa shape index (κ1) is 17.8. The molecule has 0 saturated carbocycles. The van der Waals surface area contributed by atoms with E-state index in [1.807, 2.05) is 35.2 Å². The normalized spacial score (nSPS) is 16.8. The lowest BCUT2D eigenvalue weighted by atomic mass is 10.1. The molecule has 0 atom stereocenters. The monoisotopic (exact) mass is 366 g/mol. The molecule has 1 amide bonds. The van der Waals surface area contributed by atoms with Crippen LogP contribution in [0, 0.1) is 6.92 Å². The Morgan fingerprint density at radius 3 is 2.56 bits per heavy atom. The van der Waals surface area contributed by atoms with Gasteiger partial charge in [0.1, 0.15) is 5.75 Å². The number of ether oxygens (including phenoxy) is 1. The van der Waals surface area contributed by atoms with Crippen molar-refractivity contribution in [2.24, 2.45) is 0 Å². The van der Waals surface area contributed by atoms with Crippen LogP contribution in [-0.4, -0.2) is 53.6 Å². The van der Waals surface area contributed by atoms with Crippen molar-refractivity contribution in [3.8, 4) is 5.75 Å². The molecular formula is C21H26N4O2. The number of hydrogen-bond donors (Lipinski definition) is 0. The minimum Gasteiger partial charge on any atom is -0.484 e. The van der Waals surface area contributed by atoms with Gasteiger partial charge in [0, 0.05) is 38.3 Å². The molecule has 6 nitrogen and oxygen atoms in total. The number of rotatable bonds is 4. The van der Waals surface area contributed by atoms with Crippen molar-refractivity contribution >= 4 is 11.9 Å². The highest BCUT2D eigenvalue weighted by Crippen LogP contribution is 2.23. The Bertz CT molecular complexity index is 803. The van der Waals surface area contributed by atoms with Crippen molar-refractivity contribution in [2.75, 3.05) is 37.7 Å². The van der Waals surface area contributed by atoms with Gasteiger partial charge in [-0.05, 0) is 43.9 Å². The molecule has 1 saturated heterocycles. The van der Waals surface area contributed by atoms with Gasteiger partial charge in [-0.2, -0.15) is 0 Å². The summed E-state index contributed by atoms with van der Waals surface area (Å²) in [4.78, 5) is 26.3. The first-order chi connectivity index (χ1) is 13.2. The van der Waals surface area contributed by atoms with Crippen molar-refractivity contribution in [1.82, 2.24) is 14.9 Å². The van der Waals surface area contributed by atoms with Crippen molar-refractivity contribution < 1.29 is 9.53 Å². The number of carbonyl (C=O) groups excluding carboxylic acids is 1. The van der Waals surface area contributed by atoms with E-state index in [9.17, 15) is 4.79 Å². The van der Waals surface area contributed by atoms with Crippen LogP contribution in [0.25, 0.3) is 0 Å². The molecule has 2 aromatic rings. The van der Waals surface area contributed by atoms with Crippen LogP contribution in [0.15, 0.2) is 30.3 Å². The molecule has 3 heterocycles. The minimum absolute atomic E-state index is 0.0250. The summed E-state index contributed by atoms with van der Waals surface area (Å²) in [6.07, 6.45) is 4.00. The van der Waals surface area contributed by atoms with E-state index in [0.717, 1.165) is 49.0 Å². The molecule has 6 heteroatoms. The van der Waals surface area contributed by atoms with E-state index in [2.05, 4.69) is 11.8 Å². The largest absolute Gasteiger partial charge is 0.484 e. The Morgan fingerprint density at radius 1 is 1.04 bits per heavy atom. The summed E-state index contributed by atoms with van der Waals surface area (Å²) in [5, 5.41) is 0. The maximum absolute atomic E-state index is 12.6. The number of carbonyl (C=O) groups is 1. The molecule has 1 fully saturated rings. The fourth-order valence-corrected chi connectivity index (χ4v) is 3.83. The maximum Gasteiger partial charge on any atom is 0.260 e. The molecule has 1 aromatic heterocycles. The van der Waals surface area contributed by atoms with Crippen molar-refractivity contribution in [3.63, 3.8) is 0 Å². The minimum atomic E-state index is 0.0250. The molecule has 0 bridgehead atoms. The highest BCUT2D eigenvalue weighted by Gasteiger charge is 2.24. The van der Waals surface area contributed by atoms with Gasteiger partial charge >= 0.3 is 0 Å². The summed E-state index contributed by atoms with van der Waals surface area (Å²) < 4.78 is 5.62.